The van der Waals surface area contributed by atoms with Crippen LogP contribution in [0.15, 0.2) is 18.2 Å². The summed E-state index contributed by atoms with van der Waals surface area (Å²) in [5.41, 5.74) is 1.11. The largest absolute Gasteiger partial charge is 0.488 e. The summed E-state index contributed by atoms with van der Waals surface area (Å²) >= 11 is 5.96. The second kappa shape index (κ2) is 5.02. The Morgan fingerprint density at radius 2 is 2.37 bits per heavy atom. The zero-order valence-electron chi connectivity index (χ0n) is 10.5. The minimum atomic E-state index is -0.726. The lowest BCUT2D eigenvalue weighted by Crippen LogP contribution is -2.41. The molecule has 0 saturated carbocycles. The standard InChI is InChI=1S/C14H16ClNO3/c15-10-3-4-13-9(6-10)7-11(19-13)8-16-5-1-2-12(16)14(17)18/h3-4,6,11-12H,1-2,5,7-8H2,(H,17,18). The zero-order valence-corrected chi connectivity index (χ0v) is 11.3. The van der Waals surface area contributed by atoms with Gasteiger partial charge in [-0.05, 0) is 43.1 Å². The molecule has 1 N–H and O–H groups in total. The van der Waals surface area contributed by atoms with Crippen molar-refractivity contribution in [3.8, 4) is 5.75 Å². The molecule has 0 amide bonds. The molecule has 102 valence electrons. The Morgan fingerprint density at radius 1 is 1.53 bits per heavy atom. The van der Waals surface area contributed by atoms with Crippen LogP contribution in [0.4, 0.5) is 0 Å². The molecule has 5 heteroatoms. The van der Waals surface area contributed by atoms with Crippen molar-refractivity contribution in [2.75, 3.05) is 13.1 Å². The van der Waals surface area contributed by atoms with E-state index in [0.29, 0.717) is 11.6 Å². The minimum Gasteiger partial charge on any atom is -0.488 e. The van der Waals surface area contributed by atoms with Crippen molar-refractivity contribution in [1.29, 1.82) is 0 Å². The van der Waals surface area contributed by atoms with Gasteiger partial charge in [-0.25, -0.2) is 0 Å². The van der Waals surface area contributed by atoms with Gasteiger partial charge in [0.1, 0.15) is 17.9 Å². The Balaban J connectivity index is 1.65. The highest BCUT2D eigenvalue weighted by Gasteiger charge is 2.34. The number of carbonyl (C=O) groups is 1. The molecule has 1 fully saturated rings. The van der Waals surface area contributed by atoms with E-state index in [0.717, 1.165) is 37.1 Å². The first-order chi connectivity index (χ1) is 9.13. The molecule has 0 bridgehead atoms. The maximum Gasteiger partial charge on any atom is 0.320 e. The molecule has 2 aliphatic heterocycles. The number of fused-ring (bicyclic) bond motifs is 1. The molecule has 2 unspecified atom stereocenters. The lowest BCUT2D eigenvalue weighted by atomic mass is 10.1. The van der Waals surface area contributed by atoms with Crippen LogP contribution < -0.4 is 4.74 Å². The second-order valence-corrected chi connectivity index (χ2v) is 5.62. The van der Waals surface area contributed by atoms with E-state index in [9.17, 15) is 4.79 Å². The van der Waals surface area contributed by atoms with Crippen LogP contribution in [-0.2, 0) is 11.2 Å². The summed E-state index contributed by atoms with van der Waals surface area (Å²) < 4.78 is 5.86. The molecule has 4 nitrogen and oxygen atoms in total. The van der Waals surface area contributed by atoms with Crippen LogP contribution in [-0.4, -0.2) is 41.2 Å². The van der Waals surface area contributed by atoms with Gasteiger partial charge in [0.2, 0.25) is 0 Å². The van der Waals surface area contributed by atoms with Crippen molar-refractivity contribution in [2.45, 2.75) is 31.4 Å². The quantitative estimate of drug-likeness (QED) is 0.923. The number of nitrogens with zero attached hydrogens (tertiary/aromatic N) is 1. The van der Waals surface area contributed by atoms with Gasteiger partial charge in [0.05, 0.1) is 0 Å². The van der Waals surface area contributed by atoms with Crippen molar-refractivity contribution >= 4 is 17.6 Å². The summed E-state index contributed by atoms with van der Waals surface area (Å²) in [4.78, 5) is 13.2. The van der Waals surface area contributed by atoms with Gasteiger partial charge in [-0.1, -0.05) is 11.6 Å². The fourth-order valence-corrected chi connectivity index (χ4v) is 3.17. The lowest BCUT2D eigenvalue weighted by Gasteiger charge is -2.24. The molecular formula is C14H16ClNO3. The Kier molecular flexibility index (Phi) is 3.37. The maximum absolute atomic E-state index is 11.1. The van der Waals surface area contributed by atoms with Crippen molar-refractivity contribution in [1.82, 2.24) is 4.90 Å². The Morgan fingerprint density at radius 3 is 3.16 bits per heavy atom. The van der Waals surface area contributed by atoms with Crippen LogP contribution in [0, 0.1) is 0 Å². The smallest absolute Gasteiger partial charge is 0.320 e. The third kappa shape index (κ3) is 2.55. The molecule has 3 rings (SSSR count). The number of hydrogen-bond donors (Lipinski definition) is 1. The number of rotatable bonds is 3. The highest BCUT2D eigenvalue weighted by molar-refractivity contribution is 6.30. The Labute approximate surface area is 116 Å². The fraction of sp³-hybridized carbons (Fsp3) is 0.500. The van der Waals surface area contributed by atoms with Gasteiger partial charge >= 0.3 is 5.97 Å². The van der Waals surface area contributed by atoms with Gasteiger partial charge < -0.3 is 9.84 Å². The topological polar surface area (TPSA) is 49.8 Å². The van der Waals surface area contributed by atoms with E-state index in [1.807, 2.05) is 23.1 Å². The first-order valence-electron chi connectivity index (χ1n) is 6.55. The number of likely N-dealkylation sites (tertiary alicyclic amines) is 1. The van der Waals surface area contributed by atoms with E-state index in [-0.39, 0.29) is 12.1 Å². The number of aliphatic carboxylic acids is 1. The Bertz CT molecular complexity index is 505. The van der Waals surface area contributed by atoms with Crippen LogP contribution >= 0.6 is 11.6 Å². The molecule has 1 saturated heterocycles. The van der Waals surface area contributed by atoms with Crippen molar-refractivity contribution in [3.63, 3.8) is 0 Å². The van der Waals surface area contributed by atoms with Crippen molar-refractivity contribution in [3.05, 3.63) is 28.8 Å². The Hall–Kier alpha value is -1.26. The number of benzene rings is 1. The molecule has 0 aromatic heterocycles. The van der Waals surface area contributed by atoms with Crippen LogP contribution in [0.3, 0.4) is 0 Å². The summed E-state index contributed by atoms with van der Waals surface area (Å²) in [6.45, 7) is 1.51. The van der Waals surface area contributed by atoms with Gasteiger partial charge in [-0.15, -0.1) is 0 Å². The zero-order chi connectivity index (χ0) is 13.4. The number of carboxylic acid groups (broad SMARTS) is 1. The van der Waals surface area contributed by atoms with Gasteiger partial charge in [-0.2, -0.15) is 0 Å². The van der Waals surface area contributed by atoms with E-state index >= 15 is 0 Å². The van der Waals surface area contributed by atoms with Crippen molar-refractivity contribution < 1.29 is 14.6 Å². The van der Waals surface area contributed by atoms with E-state index < -0.39 is 5.97 Å². The summed E-state index contributed by atoms with van der Waals surface area (Å²) in [7, 11) is 0. The molecule has 0 aliphatic carbocycles. The average Bonchev–Trinajstić information content (AvgIpc) is 2.95. The van der Waals surface area contributed by atoms with E-state index in [1.54, 1.807) is 0 Å². The lowest BCUT2D eigenvalue weighted by molar-refractivity contribution is -0.142. The van der Waals surface area contributed by atoms with Gasteiger partial charge in [0, 0.05) is 18.0 Å². The molecule has 0 radical (unpaired) electrons. The van der Waals surface area contributed by atoms with E-state index in [2.05, 4.69) is 0 Å². The van der Waals surface area contributed by atoms with E-state index in [1.165, 1.54) is 0 Å². The van der Waals surface area contributed by atoms with Crippen LogP contribution in [0.1, 0.15) is 18.4 Å². The number of hydrogen-bond acceptors (Lipinski definition) is 3. The molecule has 0 spiro atoms. The molecule has 19 heavy (non-hydrogen) atoms. The van der Waals surface area contributed by atoms with Crippen LogP contribution in [0.5, 0.6) is 5.75 Å². The van der Waals surface area contributed by atoms with Gasteiger partial charge in [0.15, 0.2) is 0 Å². The first kappa shape index (κ1) is 12.8. The first-order valence-corrected chi connectivity index (χ1v) is 6.93. The van der Waals surface area contributed by atoms with Crippen LogP contribution in [0.2, 0.25) is 5.02 Å². The van der Waals surface area contributed by atoms with Gasteiger partial charge in [-0.3, -0.25) is 9.69 Å². The molecule has 1 aromatic rings. The molecular weight excluding hydrogens is 266 g/mol. The average molecular weight is 282 g/mol. The van der Waals surface area contributed by atoms with Crippen molar-refractivity contribution in [2.24, 2.45) is 0 Å². The molecule has 2 heterocycles. The highest BCUT2D eigenvalue weighted by Crippen LogP contribution is 2.32. The third-order valence-corrected chi connectivity index (χ3v) is 4.09. The number of carboxylic acids is 1. The summed E-state index contributed by atoms with van der Waals surface area (Å²) in [6, 6.07) is 5.28. The highest BCUT2D eigenvalue weighted by atomic mass is 35.5. The molecule has 2 aliphatic rings. The second-order valence-electron chi connectivity index (χ2n) is 5.19. The number of halogens is 1. The monoisotopic (exact) mass is 281 g/mol. The fourth-order valence-electron chi connectivity index (χ4n) is 2.98. The van der Waals surface area contributed by atoms with E-state index in [4.69, 9.17) is 21.4 Å². The summed E-state index contributed by atoms with van der Waals surface area (Å²) in [6.07, 6.45) is 2.52. The SMILES string of the molecule is O=C(O)C1CCCN1CC1Cc2cc(Cl)ccc2O1. The number of ether oxygens (including phenoxy) is 1. The van der Waals surface area contributed by atoms with Gasteiger partial charge in [0.25, 0.3) is 0 Å². The summed E-state index contributed by atoms with van der Waals surface area (Å²) in [5.74, 6) is 0.150. The maximum atomic E-state index is 11.1. The predicted octanol–water partition coefficient (Wildman–Crippen LogP) is 2.19. The normalized spacial score (nSPS) is 26.2. The predicted molar refractivity (Wildman–Crippen MR) is 71.8 cm³/mol. The molecule has 2 atom stereocenters. The minimum absolute atomic E-state index is 0.0356. The third-order valence-electron chi connectivity index (χ3n) is 3.85. The molecule has 1 aromatic carbocycles. The van der Waals surface area contributed by atoms with Crippen LogP contribution in [0.25, 0.3) is 0 Å². The summed E-state index contributed by atoms with van der Waals surface area (Å²) in [5, 5.41) is 9.88.